The fraction of sp³-hybridized carbons (Fsp3) is 0.350. The predicted octanol–water partition coefficient (Wildman–Crippen LogP) is 4.02. The topological polar surface area (TPSA) is 89.8 Å². The number of thioether (sulfide) groups is 3. The first kappa shape index (κ1) is 22.4. The van der Waals surface area contributed by atoms with Crippen molar-refractivity contribution in [2.45, 2.75) is 46.5 Å². The molecule has 31 heavy (non-hydrogen) atoms. The number of benzene rings is 1. The zero-order valence-electron chi connectivity index (χ0n) is 17.0. The summed E-state index contributed by atoms with van der Waals surface area (Å²) in [5.74, 6) is 0.842. The molecule has 0 radical (unpaired) electrons. The molecule has 1 aliphatic rings. The lowest BCUT2D eigenvalue weighted by atomic mass is 10.2. The van der Waals surface area contributed by atoms with Gasteiger partial charge >= 0.3 is 0 Å². The van der Waals surface area contributed by atoms with Crippen LogP contribution in [0.5, 0.6) is 0 Å². The highest BCUT2D eigenvalue weighted by molar-refractivity contribution is 8.01. The van der Waals surface area contributed by atoms with E-state index in [0.717, 1.165) is 32.7 Å². The van der Waals surface area contributed by atoms with Crippen molar-refractivity contribution in [2.75, 3.05) is 16.8 Å². The van der Waals surface area contributed by atoms with E-state index in [-0.39, 0.29) is 17.2 Å². The summed E-state index contributed by atoms with van der Waals surface area (Å²) in [6, 6.07) is 9.81. The Hall–Kier alpha value is -1.82. The summed E-state index contributed by atoms with van der Waals surface area (Å²) in [6.07, 6.45) is 0.768. The molecule has 3 aromatic rings. The molecule has 0 fully saturated rings. The fourth-order valence-electron chi connectivity index (χ4n) is 3.07. The highest BCUT2D eigenvalue weighted by atomic mass is 32.2. The second-order valence-corrected chi connectivity index (χ2v) is 11.7. The lowest BCUT2D eigenvalue weighted by Gasteiger charge is -2.13. The molecule has 1 atom stereocenters. The number of amides is 1. The van der Waals surface area contributed by atoms with E-state index in [2.05, 4.69) is 22.4 Å². The van der Waals surface area contributed by atoms with Crippen LogP contribution in [0.3, 0.4) is 0 Å². The van der Waals surface area contributed by atoms with Crippen LogP contribution in [-0.4, -0.2) is 42.4 Å². The standard InChI is InChI=1S/C20H21N5O2S4/c1-3-28-20-24-23-18(31-20)22-15(26)11-29-19-21-14-9-12(2)30-16(14)17(27)25(19)10-13-7-5-4-6-8-13/h4-8,12H,3,9-11H2,1-2H3,(H,22,23,26)/t12-/m0/s1. The van der Waals surface area contributed by atoms with Crippen LogP contribution in [0, 0.1) is 0 Å². The van der Waals surface area contributed by atoms with E-state index < -0.39 is 0 Å². The van der Waals surface area contributed by atoms with Gasteiger partial charge in [0.2, 0.25) is 11.0 Å². The molecule has 0 bridgehead atoms. The minimum atomic E-state index is -0.196. The summed E-state index contributed by atoms with van der Waals surface area (Å²) < 4.78 is 2.51. The molecule has 0 spiro atoms. The largest absolute Gasteiger partial charge is 0.300 e. The molecular formula is C20H21N5O2S4. The van der Waals surface area contributed by atoms with Gasteiger partial charge in [-0.05, 0) is 11.3 Å². The summed E-state index contributed by atoms with van der Waals surface area (Å²) in [5, 5.41) is 12.2. The number of hydrogen-bond acceptors (Lipinski definition) is 9. The lowest BCUT2D eigenvalue weighted by molar-refractivity contribution is -0.113. The summed E-state index contributed by atoms with van der Waals surface area (Å²) in [5.41, 5.74) is 1.82. The number of hydrogen-bond donors (Lipinski definition) is 1. The Morgan fingerprint density at radius 3 is 2.84 bits per heavy atom. The molecule has 1 aromatic carbocycles. The van der Waals surface area contributed by atoms with Crippen molar-refractivity contribution in [1.29, 1.82) is 0 Å². The molecule has 0 saturated heterocycles. The van der Waals surface area contributed by atoms with Crippen molar-refractivity contribution in [3.63, 3.8) is 0 Å². The third-order valence-corrected chi connectivity index (χ3v) is 8.44. The Morgan fingerprint density at radius 2 is 2.06 bits per heavy atom. The highest BCUT2D eigenvalue weighted by Crippen LogP contribution is 2.34. The smallest absolute Gasteiger partial charge is 0.268 e. The SMILES string of the molecule is CCSc1nnc(NC(=O)CSc2nc3c(c(=O)n2Cc2ccccc2)S[C@@H](C)C3)s1. The first-order valence-corrected chi connectivity index (χ1v) is 13.4. The van der Waals surface area contributed by atoms with Gasteiger partial charge in [-0.2, -0.15) is 0 Å². The van der Waals surface area contributed by atoms with Crippen LogP contribution in [0.4, 0.5) is 5.13 Å². The van der Waals surface area contributed by atoms with Crippen LogP contribution in [0.25, 0.3) is 0 Å². The monoisotopic (exact) mass is 491 g/mol. The molecule has 1 amide bonds. The van der Waals surface area contributed by atoms with E-state index in [0.29, 0.717) is 22.1 Å². The molecule has 162 valence electrons. The molecule has 1 aliphatic heterocycles. The Labute approximate surface area is 196 Å². The number of aromatic nitrogens is 4. The van der Waals surface area contributed by atoms with Gasteiger partial charge in [0.05, 0.1) is 22.9 Å². The second-order valence-electron chi connectivity index (χ2n) is 6.82. The average Bonchev–Trinajstić information content (AvgIpc) is 3.35. The van der Waals surface area contributed by atoms with Crippen LogP contribution < -0.4 is 10.9 Å². The maximum absolute atomic E-state index is 13.2. The summed E-state index contributed by atoms with van der Waals surface area (Å²) >= 11 is 5.80. The second kappa shape index (κ2) is 10.2. The summed E-state index contributed by atoms with van der Waals surface area (Å²) in [4.78, 5) is 31.2. The number of carbonyl (C=O) groups excluding carboxylic acids is 1. The molecule has 0 unspecified atom stereocenters. The number of rotatable bonds is 8. The quantitative estimate of drug-likeness (QED) is 0.287. The molecule has 2 aromatic heterocycles. The van der Waals surface area contributed by atoms with E-state index in [4.69, 9.17) is 4.98 Å². The third-order valence-electron chi connectivity index (χ3n) is 4.40. The van der Waals surface area contributed by atoms with Gasteiger partial charge in [-0.1, -0.05) is 79.0 Å². The van der Waals surface area contributed by atoms with Gasteiger partial charge in [0, 0.05) is 11.7 Å². The zero-order valence-corrected chi connectivity index (χ0v) is 20.3. The van der Waals surface area contributed by atoms with Gasteiger partial charge in [-0.25, -0.2) is 4.98 Å². The van der Waals surface area contributed by atoms with Gasteiger partial charge in [0.1, 0.15) is 0 Å². The molecular weight excluding hydrogens is 471 g/mol. The van der Waals surface area contributed by atoms with Gasteiger partial charge in [-0.15, -0.1) is 22.0 Å². The number of nitrogens with one attached hydrogen (secondary N) is 1. The molecule has 0 saturated carbocycles. The molecule has 0 aliphatic carbocycles. The molecule has 7 nitrogen and oxygen atoms in total. The van der Waals surface area contributed by atoms with Gasteiger partial charge < -0.3 is 0 Å². The van der Waals surface area contributed by atoms with E-state index in [9.17, 15) is 9.59 Å². The van der Waals surface area contributed by atoms with Crippen LogP contribution in [0.1, 0.15) is 25.1 Å². The van der Waals surface area contributed by atoms with Crippen LogP contribution in [0.15, 0.2) is 49.5 Å². The van der Waals surface area contributed by atoms with Crippen molar-refractivity contribution >= 4 is 57.7 Å². The third kappa shape index (κ3) is 5.51. The Kier molecular flexibility index (Phi) is 7.36. The van der Waals surface area contributed by atoms with Crippen molar-refractivity contribution in [1.82, 2.24) is 19.7 Å². The Bertz CT molecular complexity index is 1130. The lowest BCUT2D eigenvalue weighted by Crippen LogP contribution is -2.26. The minimum Gasteiger partial charge on any atom is -0.300 e. The Balaban J connectivity index is 1.52. The average molecular weight is 492 g/mol. The van der Waals surface area contributed by atoms with Crippen molar-refractivity contribution < 1.29 is 4.79 Å². The molecule has 4 rings (SSSR count). The van der Waals surface area contributed by atoms with Crippen molar-refractivity contribution in [3.05, 3.63) is 51.9 Å². The fourth-order valence-corrected chi connectivity index (χ4v) is 6.67. The van der Waals surface area contributed by atoms with E-state index >= 15 is 0 Å². The Morgan fingerprint density at radius 1 is 1.26 bits per heavy atom. The zero-order chi connectivity index (χ0) is 21.8. The van der Waals surface area contributed by atoms with Crippen LogP contribution in [0.2, 0.25) is 0 Å². The first-order valence-electron chi connectivity index (χ1n) is 9.76. The number of fused-ring (bicyclic) bond motifs is 1. The summed E-state index contributed by atoms with van der Waals surface area (Å²) in [7, 11) is 0. The van der Waals surface area contributed by atoms with E-state index in [1.807, 2.05) is 37.3 Å². The highest BCUT2D eigenvalue weighted by Gasteiger charge is 2.26. The predicted molar refractivity (Wildman–Crippen MR) is 129 cm³/mol. The van der Waals surface area contributed by atoms with Gasteiger partial charge in [0.25, 0.3) is 5.56 Å². The van der Waals surface area contributed by atoms with Gasteiger partial charge in [0.15, 0.2) is 9.50 Å². The number of nitrogens with zero attached hydrogens (tertiary/aromatic N) is 4. The molecule has 11 heteroatoms. The normalized spacial score (nSPS) is 15.1. The van der Waals surface area contributed by atoms with Crippen LogP contribution in [-0.2, 0) is 17.8 Å². The number of anilines is 1. The maximum Gasteiger partial charge on any atom is 0.268 e. The van der Waals surface area contributed by atoms with Crippen LogP contribution >= 0.6 is 46.6 Å². The minimum absolute atomic E-state index is 0.0310. The molecule has 3 heterocycles. The van der Waals surface area contributed by atoms with Crippen molar-refractivity contribution in [3.8, 4) is 0 Å². The maximum atomic E-state index is 13.2. The van der Waals surface area contributed by atoms with E-state index in [1.165, 1.54) is 23.1 Å². The van der Waals surface area contributed by atoms with Crippen molar-refractivity contribution in [2.24, 2.45) is 0 Å². The molecule has 1 N–H and O–H groups in total. The van der Waals surface area contributed by atoms with E-state index in [1.54, 1.807) is 28.1 Å². The number of carbonyl (C=O) groups is 1. The van der Waals surface area contributed by atoms with Gasteiger partial charge in [-0.3, -0.25) is 19.5 Å². The first-order chi connectivity index (χ1) is 15.0. The summed E-state index contributed by atoms with van der Waals surface area (Å²) in [6.45, 7) is 4.56.